The van der Waals surface area contributed by atoms with E-state index >= 15 is 0 Å². The second-order valence-corrected chi connectivity index (χ2v) is 8.44. The van der Waals surface area contributed by atoms with Gasteiger partial charge in [0.05, 0.1) is 24.2 Å². The van der Waals surface area contributed by atoms with Crippen LogP contribution in [0.1, 0.15) is 22.5 Å². The maximum atomic E-state index is 12.3. The van der Waals surface area contributed by atoms with Crippen LogP contribution in [0.5, 0.6) is 5.88 Å². The van der Waals surface area contributed by atoms with Crippen molar-refractivity contribution < 1.29 is 9.53 Å². The van der Waals surface area contributed by atoms with Crippen LogP contribution >= 0.6 is 0 Å². The number of ether oxygens (including phenoxy) is 1. The van der Waals surface area contributed by atoms with Gasteiger partial charge in [0.1, 0.15) is 17.5 Å². The van der Waals surface area contributed by atoms with Crippen molar-refractivity contribution in [2.24, 2.45) is 0 Å². The summed E-state index contributed by atoms with van der Waals surface area (Å²) in [5, 5.41) is 16.1. The molecule has 0 aromatic carbocycles. The van der Waals surface area contributed by atoms with E-state index in [1.807, 2.05) is 12.1 Å². The van der Waals surface area contributed by atoms with Crippen molar-refractivity contribution in [3.63, 3.8) is 0 Å². The van der Waals surface area contributed by atoms with Crippen molar-refractivity contribution >= 4 is 23.4 Å². The van der Waals surface area contributed by atoms with Gasteiger partial charge in [-0.05, 0) is 50.3 Å². The number of nitrogens with zero attached hydrogens (tertiary/aromatic N) is 7. The lowest BCUT2D eigenvalue weighted by molar-refractivity contribution is 0.0823. The first-order valence-electron chi connectivity index (χ1n) is 11.1. The molecule has 3 aromatic heterocycles. The highest BCUT2D eigenvalue weighted by molar-refractivity contribution is 5.96. The smallest absolute Gasteiger partial charge is 0.258 e. The fourth-order valence-corrected chi connectivity index (χ4v) is 3.82. The van der Waals surface area contributed by atoms with E-state index in [1.165, 1.54) is 12.0 Å². The molecule has 0 saturated carbocycles. The largest absolute Gasteiger partial charge is 0.480 e. The normalized spacial score (nSPS) is 15.3. The number of nitrogens with one attached hydrogen (secondary N) is 2. The average molecular weight is 474 g/mol. The Morgan fingerprint density at radius 2 is 1.97 bits per heavy atom. The van der Waals surface area contributed by atoms with Crippen LogP contribution in [0.4, 0.5) is 17.5 Å². The zero-order chi connectivity index (χ0) is 24.9. The third kappa shape index (κ3) is 5.44. The van der Waals surface area contributed by atoms with Crippen molar-refractivity contribution in [2.75, 3.05) is 52.0 Å². The van der Waals surface area contributed by atoms with Crippen LogP contribution in [-0.2, 0) is 0 Å². The zero-order valence-electron chi connectivity index (χ0n) is 20.1. The first-order chi connectivity index (χ1) is 16.9. The van der Waals surface area contributed by atoms with Crippen molar-refractivity contribution in [1.29, 1.82) is 5.26 Å². The van der Waals surface area contributed by atoms with Crippen molar-refractivity contribution in [3.05, 3.63) is 47.8 Å². The van der Waals surface area contributed by atoms with Crippen molar-refractivity contribution in [3.8, 4) is 23.3 Å². The van der Waals surface area contributed by atoms with Crippen LogP contribution in [0.25, 0.3) is 11.4 Å². The summed E-state index contributed by atoms with van der Waals surface area (Å²) in [7, 11) is 6.86. The topological polar surface area (TPSA) is 132 Å². The number of aromatic nitrogens is 4. The van der Waals surface area contributed by atoms with Crippen LogP contribution in [0.3, 0.4) is 0 Å². The van der Waals surface area contributed by atoms with E-state index in [0.717, 1.165) is 19.5 Å². The monoisotopic (exact) mass is 473 g/mol. The molecule has 1 saturated heterocycles. The molecule has 1 aliphatic heterocycles. The number of hydrogen-bond acceptors (Lipinski definition) is 10. The molecule has 1 amide bonds. The fraction of sp³-hybridized carbons (Fsp3) is 0.333. The lowest BCUT2D eigenvalue weighted by Crippen LogP contribution is -2.24. The lowest BCUT2D eigenvalue weighted by Gasteiger charge is -2.15. The van der Waals surface area contributed by atoms with Gasteiger partial charge in [0.2, 0.25) is 11.8 Å². The molecule has 0 bridgehead atoms. The standard InChI is InChI=1S/C24H27N9O2/c1-32(2)23(34)16-5-8-21(30-22(16)35-4)31-24-26-11-9-19(29-24)17-6-7-18(20(13-25)28-17)27-15-10-12-33(3)14-15/h5-9,11,15,27H,10,12,14H2,1-4H3,(H,26,29,30,31). The van der Waals surface area contributed by atoms with Crippen LogP contribution in [-0.4, -0.2) is 83.0 Å². The van der Waals surface area contributed by atoms with Crippen molar-refractivity contribution in [2.45, 2.75) is 12.5 Å². The molecule has 1 unspecified atom stereocenters. The van der Waals surface area contributed by atoms with Crippen molar-refractivity contribution in [1.82, 2.24) is 29.7 Å². The molecule has 11 nitrogen and oxygen atoms in total. The molecule has 35 heavy (non-hydrogen) atoms. The van der Waals surface area contributed by atoms with E-state index in [4.69, 9.17) is 4.74 Å². The van der Waals surface area contributed by atoms with E-state index in [0.29, 0.717) is 46.1 Å². The van der Waals surface area contributed by atoms with E-state index < -0.39 is 0 Å². The van der Waals surface area contributed by atoms with E-state index in [1.54, 1.807) is 38.5 Å². The minimum absolute atomic E-state index is 0.196. The van der Waals surface area contributed by atoms with Crippen LogP contribution in [0.2, 0.25) is 0 Å². The molecular formula is C24H27N9O2. The highest BCUT2D eigenvalue weighted by Crippen LogP contribution is 2.24. The van der Waals surface area contributed by atoms with Crippen LogP contribution in [0.15, 0.2) is 36.5 Å². The van der Waals surface area contributed by atoms with E-state index in [2.05, 4.69) is 48.6 Å². The maximum Gasteiger partial charge on any atom is 0.258 e. The van der Waals surface area contributed by atoms with Gasteiger partial charge < -0.3 is 25.2 Å². The summed E-state index contributed by atoms with van der Waals surface area (Å²) in [6.45, 7) is 1.95. The number of pyridine rings is 2. The summed E-state index contributed by atoms with van der Waals surface area (Å²) in [5.41, 5.74) is 2.49. The summed E-state index contributed by atoms with van der Waals surface area (Å²) < 4.78 is 5.29. The quantitative estimate of drug-likeness (QED) is 0.527. The summed E-state index contributed by atoms with van der Waals surface area (Å²) in [4.78, 5) is 33.6. The van der Waals surface area contributed by atoms with Gasteiger partial charge in [-0.3, -0.25) is 4.79 Å². The van der Waals surface area contributed by atoms with Gasteiger partial charge in [-0.2, -0.15) is 10.2 Å². The first-order valence-corrected chi connectivity index (χ1v) is 11.1. The second-order valence-electron chi connectivity index (χ2n) is 8.44. The third-order valence-corrected chi connectivity index (χ3v) is 5.60. The Morgan fingerprint density at radius 3 is 2.66 bits per heavy atom. The number of nitriles is 1. The number of likely N-dealkylation sites (tertiary alicyclic amines) is 1. The van der Waals surface area contributed by atoms with Crippen LogP contribution in [0, 0.1) is 11.3 Å². The Bertz CT molecular complexity index is 1270. The van der Waals surface area contributed by atoms with Gasteiger partial charge >= 0.3 is 0 Å². The Hall–Kier alpha value is -4.30. The lowest BCUT2D eigenvalue weighted by atomic mass is 10.2. The van der Waals surface area contributed by atoms with E-state index in [-0.39, 0.29) is 11.8 Å². The highest BCUT2D eigenvalue weighted by Gasteiger charge is 2.21. The molecule has 0 spiro atoms. The molecule has 4 heterocycles. The predicted octanol–water partition coefficient (Wildman–Crippen LogP) is 2.38. The van der Waals surface area contributed by atoms with Gasteiger partial charge in [0, 0.05) is 32.9 Å². The Morgan fingerprint density at radius 1 is 1.17 bits per heavy atom. The Kier molecular flexibility index (Phi) is 7.03. The van der Waals surface area contributed by atoms with Gasteiger partial charge in [0.15, 0.2) is 5.69 Å². The molecule has 3 aromatic rings. The van der Waals surface area contributed by atoms with Crippen LogP contribution < -0.4 is 15.4 Å². The molecule has 0 radical (unpaired) electrons. The molecular weight excluding hydrogens is 446 g/mol. The number of rotatable bonds is 7. The molecule has 180 valence electrons. The molecule has 0 aliphatic carbocycles. The van der Waals surface area contributed by atoms with Gasteiger partial charge in [-0.15, -0.1) is 0 Å². The summed E-state index contributed by atoms with van der Waals surface area (Å²) in [5.74, 6) is 0.694. The zero-order valence-corrected chi connectivity index (χ0v) is 20.1. The summed E-state index contributed by atoms with van der Waals surface area (Å²) >= 11 is 0. The molecule has 1 atom stereocenters. The Balaban J connectivity index is 1.54. The highest BCUT2D eigenvalue weighted by atomic mass is 16.5. The number of amides is 1. The van der Waals surface area contributed by atoms with Gasteiger partial charge in [0.25, 0.3) is 5.91 Å². The maximum absolute atomic E-state index is 12.3. The third-order valence-electron chi connectivity index (χ3n) is 5.60. The second kappa shape index (κ2) is 10.3. The van der Waals surface area contributed by atoms with E-state index in [9.17, 15) is 10.1 Å². The number of methoxy groups -OCH3 is 1. The minimum atomic E-state index is -0.212. The summed E-state index contributed by atoms with van der Waals surface area (Å²) in [6.07, 6.45) is 2.62. The number of hydrogen-bond donors (Lipinski definition) is 2. The molecule has 1 fully saturated rings. The molecule has 1 aliphatic rings. The predicted molar refractivity (Wildman–Crippen MR) is 132 cm³/mol. The minimum Gasteiger partial charge on any atom is -0.480 e. The Labute approximate surface area is 203 Å². The number of carbonyl (C=O) groups excluding carboxylic acids is 1. The SMILES string of the molecule is COc1nc(Nc2nccc(-c3ccc(NC4CCN(C)C4)c(C#N)n3)n2)ccc1C(=O)N(C)C. The first kappa shape index (κ1) is 23.8. The van der Waals surface area contributed by atoms with Gasteiger partial charge in [-0.1, -0.05) is 0 Å². The summed E-state index contributed by atoms with van der Waals surface area (Å²) in [6, 6.07) is 11.2. The number of carbonyl (C=O) groups is 1. The average Bonchev–Trinajstić information content (AvgIpc) is 3.28. The molecule has 4 rings (SSSR count). The number of likely N-dealkylation sites (N-methyl/N-ethyl adjacent to an activating group) is 1. The van der Waals surface area contributed by atoms with Gasteiger partial charge in [-0.25, -0.2) is 15.0 Å². The number of anilines is 3. The fourth-order valence-electron chi connectivity index (χ4n) is 3.82. The molecule has 2 N–H and O–H groups in total. The molecule has 11 heteroatoms.